The highest BCUT2D eigenvalue weighted by atomic mass is 32.2. The summed E-state index contributed by atoms with van der Waals surface area (Å²) in [5.41, 5.74) is 0.884. The van der Waals surface area contributed by atoms with Crippen molar-refractivity contribution in [1.29, 1.82) is 0 Å². The molecule has 92 valence electrons. The fraction of sp³-hybridized carbons (Fsp3) is 0.500. The fourth-order valence-corrected chi connectivity index (χ4v) is 4.09. The van der Waals surface area contributed by atoms with Gasteiger partial charge in [-0.15, -0.1) is 11.8 Å². The number of carbonyl (C=O) groups is 1. The molecule has 0 fully saturated rings. The Labute approximate surface area is 107 Å². The van der Waals surface area contributed by atoms with Crippen LogP contribution in [0.3, 0.4) is 0 Å². The average molecular weight is 250 g/mol. The number of methoxy groups -OCH3 is 1. The van der Waals surface area contributed by atoms with Crippen molar-refractivity contribution in [2.75, 3.05) is 7.11 Å². The monoisotopic (exact) mass is 250 g/mol. The Morgan fingerprint density at radius 1 is 1.47 bits per heavy atom. The molecule has 0 radical (unpaired) electrons. The normalized spacial score (nSPS) is 32.1. The second-order valence-electron chi connectivity index (χ2n) is 4.52. The third kappa shape index (κ3) is 2.34. The van der Waals surface area contributed by atoms with Crippen molar-refractivity contribution in [2.24, 2.45) is 11.8 Å². The van der Waals surface area contributed by atoms with Crippen LogP contribution in [0.25, 0.3) is 0 Å². The molecule has 0 aromatic carbocycles. The fourth-order valence-electron chi connectivity index (χ4n) is 2.70. The van der Waals surface area contributed by atoms with Crippen LogP contribution in [0.1, 0.15) is 20.3 Å². The highest BCUT2D eigenvalue weighted by Gasteiger charge is 2.39. The van der Waals surface area contributed by atoms with Gasteiger partial charge >= 0.3 is 5.97 Å². The lowest BCUT2D eigenvalue weighted by molar-refractivity contribution is -0.136. The lowest BCUT2D eigenvalue weighted by Gasteiger charge is -2.26. The molecule has 2 aliphatic rings. The van der Waals surface area contributed by atoms with E-state index in [0.29, 0.717) is 11.2 Å². The molecule has 0 spiro atoms. The third-order valence-corrected chi connectivity index (χ3v) is 4.70. The van der Waals surface area contributed by atoms with Crippen molar-refractivity contribution in [1.82, 2.24) is 0 Å². The van der Waals surface area contributed by atoms with Crippen LogP contribution in [0.2, 0.25) is 0 Å². The zero-order chi connectivity index (χ0) is 12.4. The zero-order valence-electron chi connectivity index (χ0n) is 10.5. The van der Waals surface area contributed by atoms with Gasteiger partial charge in [0.05, 0.1) is 12.7 Å². The van der Waals surface area contributed by atoms with E-state index in [9.17, 15) is 4.79 Å². The molecule has 0 bridgehead atoms. The van der Waals surface area contributed by atoms with Gasteiger partial charge in [0.1, 0.15) is 0 Å². The summed E-state index contributed by atoms with van der Waals surface area (Å²) in [4.78, 5) is 13.0. The number of thioether (sulfide) groups is 1. The van der Waals surface area contributed by atoms with E-state index < -0.39 is 0 Å². The van der Waals surface area contributed by atoms with Crippen molar-refractivity contribution in [3.05, 3.63) is 34.8 Å². The van der Waals surface area contributed by atoms with Crippen LogP contribution < -0.4 is 0 Å². The van der Waals surface area contributed by atoms with E-state index in [-0.39, 0.29) is 11.9 Å². The number of rotatable bonds is 2. The maximum absolute atomic E-state index is 11.9. The van der Waals surface area contributed by atoms with Crippen LogP contribution in [0.4, 0.5) is 0 Å². The largest absolute Gasteiger partial charge is 0.466 e. The predicted molar refractivity (Wildman–Crippen MR) is 71.6 cm³/mol. The van der Waals surface area contributed by atoms with Crippen LogP contribution in [0.15, 0.2) is 34.8 Å². The Morgan fingerprint density at radius 2 is 2.24 bits per heavy atom. The Bertz CT molecular complexity index is 406. The molecule has 3 heteroatoms. The molecule has 0 saturated carbocycles. The zero-order valence-corrected chi connectivity index (χ0v) is 11.3. The molecule has 2 nitrogen and oxygen atoms in total. The number of esters is 1. The van der Waals surface area contributed by atoms with Gasteiger partial charge in [-0.05, 0) is 24.2 Å². The summed E-state index contributed by atoms with van der Waals surface area (Å²) < 4.78 is 4.92. The van der Waals surface area contributed by atoms with Crippen LogP contribution in [-0.4, -0.2) is 18.3 Å². The van der Waals surface area contributed by atoms with Gasteiger partial charge < -0.3 is 4.74 Å². The third-order valence-electron chi connectivity index (χ3n) is 3.46. The Hall–Kier alpha value is -0.960. The molecular formula is C14H18O2S. The van der Waals surface area contributed by atoms with Crippen molar-refractivity contribution in [3.63, 3.8) is 0 Å². The maximum atomic E-state index is 11.9. The molecular weight excluding hydrogens is 232 g/mol. The summed E-state index contributed by atoms with van der Waals surface area (Å²) in [7, 11) is 1.46. The van der Waals surface area contributed by atoms with E-state index in [1.54, 1.807) is 11.8 Å². The average Bonchev–Trinajstić information content (AvgIpc) is 2.64. The van der Waals surface area contributed by atoms with Gasteiger partial charge in [0, 0.05) is 11.2 Å². The number of hydrogen-bond acceptors (Lipinski definition) is 3. The second kappa shape index (κ2) is 5.13. The molecule has 0 aromatic rings. The minimum absolute atomic E-state index is 0.160. The molecule has 1 aliphatic carbocycles. The van der Waals surface area contributed by atoms with Gasteiger partial charge in [0.25, 0.3) is 0 Å². The van der Waals surface area contributed by atoms with Crippen molar-refractivity contribution < 1.29 is 9.53 Å². The number of ether oxygens (including phenoxy) is 1. The Morgan fingerprint density at radius 3 is 2.82 bits per heavy atom. The minimum Gasteiger partial charge on any atom is -0.466 e. The van der Waals surface area contributed by atoms with Crippen molar-refractivity contribution in [2.45, 2.75) is 25.5 Å². The van der Waals surface area contributed by atoms with Gasteiger partial charge in [-0.1, -0.05) is 31.2 Å². The van der Waals surface area contributed by atoms with Crippen molar-refractivity contribution >= 4 is 17.7 Å². The van der Waals surface area contributed by atoms with Crippen LogP contribution >= 0.6 is 11.8 Å². The van der Waals surface area contributed by atoms with E-state index in [1.165, 1.54) is 7.11 Å². The summed E-state index contributed by atoms with van der Waals surface area (Å²) in [5.74, 6) is 0.551. The number of allylic oxidation sites excluding steroid dienone is 5. The molecule has 1 aliphatic heterocycles. The van der Waals surface area contributed by atoms with E-state index in [2.05, 4.69) is 31.2 Å². The first kappa shape index (κ1) is 12.5. The summed E-state index contributed by atoms with van der Waals surface area (Å²) in [6.45, 7) is 4.22. The first-order chi connectivity index (χ1) is 8.15. The van der Waals surface area contributed by atoms with Gasteiger partial charge in [-0.2, -0.15) is 0 Å². The van der Waals surface area contributed by atoms with E-state index in [4.69, 9.17) is 4.74 Å². The van der Waals surface area contributed by atoms with Crippen LogP contribution in [0.5, 0.6) is 0 Å². The second-order valence-corrected chi connectivity index (χ2v) is 6.11. The van der Waals surface area contributed by atoms with Gasteiger partial charge in [0.15, 0.2) is 0 Å². The molecule has 2 rings (SSSR count). The SMILES string of the molecule is COC(=O)C1=C(C)SC(C)C1C1C=CC=CC1. The summed E-state index contributed by atoms with van der Waals surface area (Å²) in [5, 5.41) is 0.449. The van der Waals surface area contributed by atoms with Gasteiger partial charge in [-0.3, -0.25) is 0 Å². The molecule has 0 saturated heterocycles. The lowest BCUT2D eigenvalue weighted by atomic mass is 9.80. The maximum Gasteiger partial charge on any atom is 0.334 e. The summed E-state index contributed by atoms with van der Waals surface area (Å²) >= 11 is 1.79. The standard InChI is InChI=1S/C14H18O2S/c1-9-12(11-7-5-4-6-8-11)13(10(2)17-9)14(15)16-3/h4-7,9,11-12H,8H2,1-3H3. The number of hydrogen-bond donors (Lipinski definition) is 0. The molecule has 0 N–H and O–H groups in total. The first-order valence-corrected chi connectivity index (χ1v) is 6.82. The number of carbonyl (C=O) groups excluding carboxylic acids is 1. The topological polar surface area (TPSA) is 26.3 Å². The summed E-state index contributed by atoms with van der Waals surface area (Å²) in [6, 6.07) is 0. The highest BCUT2D eigenvalue weighted by molar-refractivity contribution is 8.03. The van der Waals surface area contributed by atoms with Crippen molar-refractivity contribution in [3.8, 4) is 0 Å². The van der Waals surface area contributed by atoms with Gasteiger partial charge in [-0.25, -0.2) is 4.79 Å². The van der Waals surface area contributed by atoms with E-state index >= 15 is 0 Å². The quantitative estimate of drug-likeness (QED) is 0.703. The molecule has 0 aromatic heterocycles. The highest BCUT2D eigenvalue weighted by Crippen LogP contribution is 2.47. The smallest absolute Gasteiger partial charge is 0.334 e. The van der Waals surface area contributed by atoms with Gasteiger partial charge in [0.2, 0.25) is 0 Å². The Kier molecular flexibility index (Phi) is 3.77. The minimum atomic E-state index is -0.160. The lowest BCUT2D eigenvalue weighted by Crippen LogP contribution is -2.25. The molecule has 17 heavy (non-hydrogen) atoms. The molecule has 0 amide bonds. The van der Waals surface area contributed by atoms with Crippen LogP contribution in [-0.2, 0) is 9.53 Å². The molecule has 1 heterocycles. The van der Waals surface area contributed by atoms with E-state index in [0.717, 1.165) is 16.9 Å². The first-order valence-electron chi connectivity index (χ1n) is 5.94. The van der Waals surface area contributed by atoms with Crippen LogP contribution in [0, 0.1) is 11.8 Å². The Balaban J connectivity index is 2.27. The summed E-state index contributed by atoms with van der Waals surface area (Å²) in [6.07, 6.45) is 9.54. The van der Waals surface area contributed by atoms with E-state index in [1.807, 2.05) is 6.92 Å². The molecule has 3 atom stereocenters. The molecule has 3 unspecified atom stereocenters. The predicted octanol–water partition coefficient (Wildman–Crippen LogP) is 3.32.